The fourth-order valence-electron chi connectivity index (χ4n) is 1.96. The number of carbonyl (C=O) groups is 1. The minimum absolute atomic E-state index is 0. The Morgan fingerprint density at radius 2 is 2.28 bits per heavy atom. The summed E-state index contributed by atoms with van der Waals surface area (Å²) in [5.74, 6) is 0.686. The summed E-state index contributed by atoms with van der Waals surface area (Å²) >= 11 is 1.62. The lowest BCUT2D eigenvalue weighted by atomic mass is 9.90. The molecular weight excluding hydrogens is 268 g/mol. The van der Waals surface area contributed by atoms with Crippen LogP contribution in [0.2, 0.25) is 0 Å². The van der Waals surface area contributed by atoms with Crippen molar-refractivity contribution in [3.05, 3.63) is 22.4 Å². The van der Waals surface area contributed by atoms with E-state index in [4.69, 9.17) is 5.73 Å². The highest BCUT2D eigenvalue weighted by molar-refractivity contribution is 7.10. The van der Waals surface area contributed by atoms with Crippen LogP contribution in [0.1, 0.15) is 31.6 Å². The van der Waals surface area contributed by atoms with Crippen LogP contribution in [0, 0.1) is 5.92 Å². The molecule has 18 heavy (non-hydrogen) atoms. The summed E-state index contributed by atoms with van der Waals surface area (Å²) in [6.07, 6.45) is 2.39. The van der Waals surface area contributed by atoms with Crippen molar-refractivity contribution in [1.29, 1.82) is 0 Å². The first kappa shape index (κ1) is 15.5. The second-order valence-electron chi connectivity index (χ2n) is 5.26. The van der Waals surface area contributed by atoms with Crippen molar-refractivity contribution < 1.29 is 4.79 Å². The fraction of sp³-hybridized carbons (Fsp3) is 0.615. The molecule has 0 radical (unpaired) electrons. The molecule has 1 saturated carbocycles. The average Bonchev–Trinajstić information content (AvgIpc) is 2.98. The molecule has 5 heteroatoms. The molecule has 0 aliphatic heterocycles. The van der Waals surface area contributed by atoms with E-state index in [9.17, 15) is 4.79 Å². The van der Waals surface area contributed by atoms with Crippen LogP contribution in [0.4, 0.5) is 0 Å². The van der Waals surface area contributed by atoms with Crippen LogP contribution in [-0.2, 0) is 10.2 Å². The van der Waals surface area contributed by atoms with Gasteiger partial charge in [0.05, 0.1) is 5.41 Å². The molecule has 3 nitrogen and oxygen atoms in total. The van der Waals surface area contributed by atoms with Gasteiger partial charge in [0, 0.05) is 17.5 Å². The Bertz CT molecular complexity index is 388. The Labute approximate surface area is 119 Å². The molecule has 1 fully saturated rings. The second-order valence-corrected chi connectivity index (χ2v) is 6.20. The van der Waals surface area contributed by atoms with Crippen molar-refractivity contribution in [1.82, 2.24) is 5.32 Å². The molecule has 1 aliphatic rings. The number of thiophene rings is 1. The zero-order chi connectivity index (χ0) is 12.5. The SMILES string of the molecule is CC(C)(C(=O)NC(CN)C1CC1)c1cccs1.Cl. The Morgan fingerprint density at radius 3 is 2.72 bits per heavy atom. The van der Waals surface area contributed by atoms with E-state index in [1.165, 1.54) is 12.8 Å². The van der Waals surface area contributed by atoms with E-state index in [0.29, 0.717) is 12.5 Å². The van der Waals surface area contributed by atoms with Crippen LogP contribution in [0.5, 0.6) is 0 Å². The average molecular weight is 289 g/mol. The molecule has 1 unspecified atom stereocenters. The maximum atomic E-state index is 12.3. The number of carbonyl (C=O) groups excluding carboxylic acids is 1. The van der Waals surface area contributed by atoms with Crippen molar-refractivity contribution in [3.63, 3.8) is 0 Å². The van der Waals surface area contributed by atoms with Gasteiger partial charge in [-0.1, -0.05) is 6.07 Å². The minimum Gasteiger partial charge on any atom is -0.351 e. The molecule has 0 aromatic carbocycles. The van der Waals surface area contributed by atoms with Gasteiger partial charge in [0.15, 0.2) is 0 Å². The quantitative estimate of drug-likeness (QED) is 0.873. The summed E-state index contributed by atoms with van der Waals surface area (Å²) in [7, 11) is 0. The number of rotatable bonds is 5. The summed E-state index contributed by atoms with van der Waals surface area (Å²) in [5.41, 5.74) is 5.25. The lowest BCUT2D eigenvalue weighted by Crippen LogP contribution is -2.48. The molecule has 0 saturated heterocycles. The molecule has 1 aliphatic carbocycles. The largest absolute Gasteiger partial charge is 0.351 e. The Kier molecular flexibility index (Phi) is 5.20. The van der Waals surface area contributed by atoms with Gasteiger partial charge < -0.3 is 11.1 Å². The third-order valence-electron chi connectivity index (χ3n) is 3.47. The van der Waals surface area contributed by atoms with Gasteiger partial charge in [0.1, 0.15) is 0 Å². The summed E-state index contributed by atoms with van der Waals surface area (Å²) in [6.45, 7) is 4.47. The van der Waals surface area contributed by atoms with Gasteiger partial charge in [-0.25, -0.2) is 0 Å². The zero-order valence-corrected chi connectivity index (χ0v) is 12.4. The summed E-state index contributed by atoms with van der Waals surface area (Å²) in [4.78, 5) is 13.4. The van der Waals surface area contributed by atoms with E-state index in [-0.39, 0.29) is 24.4 Å². The number of hydrogen-bond acceptors (Lipinski definition) is 3. The molecule has 102 valence electrons. The highest BCUT2D eigenvalue weighted by atomic mass is 35.5. The Hall–Kier alpha value is -0.580. The van der Waals surface area contributed by atoms with Crippen molar-refractivity contribution >= 4 is 29.7 Å². The Morgan fingerprint density at radius 1 is 1.61 bits per heavy atom. The second kappa shape index (κ2) is 6.04. The highest BCUT2D eigenvalue weighted by Crippen LogP contribution is 2.33. The highest BCUT2D eigenvalue weighted by Gasteiger charge is 2.36. The third kappa shape index (κ3) is 3.25. The first-order valence-electron chi connectivity index (χ1n) is 6.10. The van der Waals surface area contributed by atoms with Gasteiger partial charge in [-0.15, -0.1) is 23.7 Å². The molecule has 1 atom stereocenters. The van der Waals surface area contributed by atoms with Crippen LogP contribution >= 0.6 is 23.7 Å². The van der Waals surface area contributed by atoms with Crippen LogP contribution in [-0.4, -0.2) is 18.5 Å². The normalized spacial score (nSPS) is 16.8. The molecule has 0 spiro atoms. The van der Waals surface area contributed by atoms with Crippen LogP contribution < -0.4 is 11.1 Å². The predicted octanol–water partition coefficient (Wildman–Crippen LogP) is 2.30. The number of nitrogens with one attached hydrogen (secondary N) is 1. The van der Waals surface area contributed by atoms with Gasteiger partial charge in [-0.05, 0) is 44.1 Å². The van der Waals surface area contributed by atoms with Gasteiger partial charge in [0.2, 0.25) is 5.91 Å². The van der Waals surface area contributed by atoms with Crippen molar-refractivity contribution in [2.24, 2.45) is 11.7 Å². The molecule has 1 amide bonds. The smallest absolute Gasteiger partial charge is 0.231 e. The number of nitrogens with two attached hydrogens (primary N) is 1. The standard InChI is InChI=1S/C13H20N2OS.ClH/c1-13(2,11-4-3-7-17-11)12(16)15-10(8-14)9-5-6-9;/h3-4,7,9-10H,5-6,8,14H2,1-2H3,(H,15,16);1H. The number of halogens is 1. The predicted molar refractivity (Wildman–Crippen MR) is 78.3 cm³/mol. The molecule has 3 N–H and O–H groups in total. The van der Waals surface area contributed by atoms with Gasteiger partial charge in [0.25, 0.3) is 0 Å². The van der Waals surface area contributed by atoms with E-state index < -0.39 is 5.41 Å². The maximum Gasteiger partial charge on any atom is 0.231 e. The van der Waals surface area contributed by atoms with Gasteiger partial charge in [-0.2, -0.15) is 0 Å². The summed E-state index contributed by atoms with van der Waals surface area (Å²) in [5, 5.41) is 5.11. The van der Waals surface area contributed by atoms with Gasteiger partial charge >= 0.3 is 0 Å². The van der Waals surface area contributed by atoms with E-state index in [1.54, 1.807) is 11.3 Å². The van der Waals surface area contributed by atoms with Crippen molar-refractivity contribution in [3.8, 4) is 0 Å². The Balaban J connectivity index is 0.00000162. The van der Waals surface area contributed by atoms with Crippen LogP contribution in [0.15, 0.2) is 17.5 Å². The minimum atomic E-state index is -0.462. The number of hydrogen-bond donors (Lipinski definition) is 2. The van der Waals surface area contributed by atoms with Gasteiger partial charge in [-0.3, -0.25) is 4.79 Å². The summed E-state index contributed by atoms with van der Waals surface area (Å²) < 4.78 is 0. The topological polar surface area (TPSA) is 55.1 Å². The number of amides is 1. The molecular formula is C13H21ClN2OS. The van der Waals surface area contributed by atoms with E-state index in [1.807, 2.05) is 31.4 Å². The zero-order valence-electron chi connectivity index (χ0n) is 10.8. The van der Waals surface area contributed by atoms with E-state index in [2.05, 4.69) is 5.32 Å². The lowest BCUT2D eigenvalue weighted by molar-refractivity contribution is -0.126. The first-order valence-corrected chi connectivity index (χ1v) is 6.98. The molecule has 1 aromatic rings. The molecule has 0 bridgehead atoms. The third-order valence-corrected chi connectivity index (χ3v) is 4.66. The monoisotopic (exact) mass is 288 g/mol. The first-order chi connectivity index (χ1) is 8.05. The van der Waals surface area contributed by atoms with E-state index in [0.717, 1.165) is 4.88 Å². The van der Waals surface area contributed by atoms with E-state index >= 15 is 0 Å². The fourth-order valence-corrected chi connectivity index (χ4v) is 2.81. The van der Waals surface area contributed by atoms with Crippen LogP contribution in [0.3, 0.4) is 0 Å². The van der Waals surface area contributed by atoms with Crippen molar-refractivity contribution in [2.75, 3.05) is 6.54 Å². The van der Waals surface area contributed by atoms with Crippen LogP contribution in [0.25, 0.3) is 0 Å². The molecule has 1 aromatic heterocycles. The molecule has 2 rings (SSSR count). The lowest BCUT2D eigenvalue weighted by Gasteiger charge is -2.26. The maximum absolute atomic E-state index is 12.3. The van der Waals surface area contributed by atoms with Crippen molar-refractivity contribution in [2.45, 2.75) is 38.1 Å². The molecule has 1 heterocycles. The summed E-state index contributed by atoms with van der Waals surface area (Å²) in [6, 6.07) is 4.15.